The fourth-order valence-corrected chi connectivity index (χ4v) is 2.49. The number of nitrogens with zero attached hydrogens (tertiary/aromatic N) is 3. The van der Waals surface area contributed by atoms with Gasteiger partial charge in [-0.15, -0.1) is 10.2 Å². The molecule has 1 atom stereocenters. The van der Waals surface area contributed by atoms with Crippen molar-refractivity contribution in [2.24, 2.45) is 0 Å². The lowest BCUT2D eigenvalue weighted by Crippen LogP contribution is -2.08. The molecule has 1 rings (SSSR count). The maximum atomic E-state index is 10.5. The molecule has 0 aliphatic carbocycles. The van der Waals surface area contributed by atoms with E-state index in [2.05, 4.69) is 24.0 Å². The van der Waals surface area contributed by atoms with Gasteiger partial charge in [0, 0.05) is 12.5 Å². The average Bonchev–Trinajstić information content (AvgIpc) is 2.69. The number of hydrogen-bond acceptors (Lipinski definition) is 4. The standard InChI is InChI=1S/C11H19N3O2S/c1-4-6-8(3)10-12-13-11(14(10)5-2)17-7-9(15)16/h8H,4-7H2,1-3H3,(H,15,16). The van der Waals surface area contributed by atoms with Crippen molar-refractivity contribution in [1.29, 1.82) is 0 Å². The lowest BCUT2D eigenvalue weighted by molar-refractivity contribution is -0.133. The van der Waals surface area contributed by atoms with Crippen LogP contribution in [0.3, 0.4) is 0 Å². The van der Waals surface area contributed by atoms with E-state index in [1.165, 1.54) is 11.8 Å². The SMILES string of the molecule is CCCC(C)c1nnc(SCC(=O)O)n1CC. The summed E-state index contributed by atoms with van der Waals surface area (Å²) in [6.07, 6.45) is 2.18. The second kappa shape index (κ2) is 6.64. The molecule has 96 valence electrons. The summed E-state index contributed by atoms with van der Waals surface area (Å²) < 4.78 is 2.01. The van der Waals surface area contributed by atoms with Crippen LogP contribution in [0.15, 0.2) is 5.16 Å². The van der Waals surface area contributed by atoms with Crippen molar-refractivity contribution in [3.8, 4) is 0 Å². The minimum Gasteiger partial charge on any atom is -0.481 e. The molecule has 0 spiro atoms. The van der Waals surface area contributed by atoms with Crippen molar-refractivity contribution in [3.63, 3.8) is 0 Å². The molecular weight excluding hydrogens is 238 g/mol. The Bertz CT molecular complexity index is 379. The maximum absolute atomic E-state index is 10.5. The summed E-state index contributed by atoms with van der Waals surface area (Å²) in [7, 11) is 0. The van der Waals surface area contributed by atoms with Gasteiger partial charge in [0.15, 0.2) is 5.16 Å². The van der Waals surface area contributed by atoms with E-state index in [-0.39, 0.29) is 5.75 Å². The van der Waals surface area contributed by atoms with Crippen LogP contribution in [0.5, 0.6) is 0 Å². The van der Waals surface area contributed by atoms with E-state index in [1.54, 1.807) is 0 Å². The number of aliphatic carboxylic acids is 1. The molecule has 0 fully saturated rings. The molecule has 0 amide bonds. The molecule has 1 unspecified atom stereocenters. The third-order valence-corrected chi connectivity index (χ3v) is 3.50. The molecule has 0 aromatic carbocycles. The molecule has 0 bridgehead atoms. The Morgan fingerprint density at radius 2 is 2.18 bits per heavy atom. The van der Waals surface area contributed by atoms with Crippen LogP contribution in [-0.2, 0) is 11.3 Å². The van der Waals surface area contributed by atoms with Crippen molar-refractivity contribution in [1.82, 2.24) is 14.8 Å². The van der Waals surface area contributed by atoms with Gasteiger partial charge in [0.2, 0.25) is 0 Å². The summed E-state index contributed by atoms with van der Waals surface area (Å²) in [4.78, 5) is 10.5. The first-order valence-electron chi connectivity index (χ1n) is 5.87. The van der Waals surface area contributed by atoms with Crippen molar-refractivity contribution < 1.29 is 9.90 Å². The summed E-state index contributed by atoms with van der Waals surface area (Å²) in [5.41, 5.74) is 0. The van der Waals surface area contributed by atoms with Gasteiger partial charge in [-0.3, -0.25) is 4.79 Å². The first kappa shape index (κ1) is 14.0. The second-order valence-electron chi connectivity index (χ2n) is 3.96. The van der Waals surface area contributed by atoms with Gasteiger partial charge < -0.3 is 9.67 Å². The van der Waals surface area contributed by atoms with Crippen molar-refractivity contribution in [3.05, 3.63) is 5.82 Å². The number of thioether (sulfide) groups is 1. The third kappa shape index (κ3) is 3.73. The number of rotatable bonds is 7. The van der Waals surface area contributed by atoms with Crippen LogP contribution in [0.1, 0.15) is 45.4 Å². The predicted molar refractivity (Wildman–Crippen MR) is 67.4 cm³/mol. The normalized spacial score (nSPS) is 12.6. The van der Waals surface area contributed by atoms with E-state index < -0.39 is 5.97 Å². The maximum Gasteiger partial charge on any atom is 0.313 e. The van der Waals surface area contributed by atoms with Crippen LogP contribution >= 0.6 is 11.8 Å². The van der Waals surface area contributed by atoms with Gasteiger partial charge in [0.25, 0.3) is 0 Å². The summed E-state index contributed by atoms with van der Waals surface area (Å²) >= 11 is 1.23. The summed E-state index contributed by atoms with van der Waals surface area (Å²) in [6, 6.07) is 0. The monoisotopic (exact) mass is 257 g/mol. The second-order valence-corrected chi connectivity index (χ2v) is 4.90. The molecule has 5 nitrogen and oxygen atoms in total. The quantitative estimate of drug-likeness (QED) is 0.759. The number of carboxylic acids is 1. The fraction of sp³-hybridized carbons (Fsp3) is 0.727. The zero-order chi connectivity index (χ0) is 12.8. The van der Waals surface area contributed by atoms with E-state index in [0.717, 1.165) is 25.2 Å². The van der Waals surface area contributed by atoms with Gasteiger partial charge in [-0.2, -0.15) is 0 Å². The largest absolute Gasteiger partial charge is 0.481 e. The highest BCUT2D eigenvalue weighted by Crippen LogP contribution is 2.23. The summed E-state index contributed by atoms with van der Waals surface area (Å²) in [5, 5.41) is 17.6. The zero-order valence-corrected chi connectivity index (χ0v) is 11.3. The van der Waals surface area contributed by atoms with Gasteiger partial charge in [0.1, 0.15) is 5.82 Å². The Hall–Kier alpha value is -1.04. The van der Waals surface area contributed by atoms with Gasteiger partial charge in [0.05, 0.1) is 5.75 Å². The molecule has 1 heterocycles. The summed E-state index contributed by atoms with van der Waals surface area (Å²) in [5.74, 6) is 0.526. The highest BCUT2D eigenvalue weighted by Gasteiger charge is 2.17. The van der Waals surface area contributed by atoms with Crippen LogP contribution in [-0.4, -0.2) is 31.6 Å². The number of aromatic nitrogens is 3. The topological polar surface area (TPSA) is 68.0 Å². The highest BCUT2D eigenvalue weighted by atomic mass is 32.2. The highest BCUT2D eigenvalue weighted by molar-refractivity contribution is 7.99. The van der Waals surface area contributed by atoms with Gasteiger partial charge in [-0.1, -0.05) is 32.0 Å². The molecule has 0 radical (unpaired) electrons. The first-order chi connectivity index (χ1) is 8.10. The van der Waals surface area contributed by atoms with E-state index in [4.69, 9.17) is 5.11 Å². The van der Waals surface area contributed by atoms with E-state index in [1.807, 2.05) is 11.5 Å². The Kier molecular flexibility index (Phi) is 5.47. The predicted octanol–water partition coefficient (Wildman–Crippen LogP) is 2.38. The van der Waals surface area contributed by atoms with Crippen molar-refractivity contribution in [2.75, 3.05) is 5.75 Å². The lowest BCUT2D eigenvalue weighted by atomic mass is 10.1. The van der Waals surface area contributed by atoms with Crippen LogP contribution in [0.25, 0.3) is 0 Å². The molecule has 0 saturated carbocycles. The molecule has 1 N–H and O–H groups in total. The zero-order valence-electron chi connectivity index (χ0n) is 10.5. The summed E-state index contributed by atoms with van der Waals surface area (Å²) in [6.45, 7) is 7.07. The minimum absolute atomic E-state index is 0.0281. The van der Waals surface area contributed by atoms with Crippen LogP contribution in [0, 0.1) is 0 Å². The average molecular weight is 257 g/mol. The van der Waals surface area contributed by atoms with E-state index in [9.17, 15) is 4.79 Å². The van der Waals surface area contributed by atoms with Crippen LogP contribution in [0.4, 0.5) is 0 Å². The molecule has 6 heteroatoms. The Morgan fingerprint density at radius 3 is 2.71 bits per heavy atom. The van der Waals surface area contributed by atoms with E-state index in [0.29, 0.717) is 11.1 Å². The van der Waals surface area contributed by atoms with Crippen LogP contribution < -0.4 is 0 Å². The number of hydrogen-bond donors (Lipinski definition) is 1. The molecule has 0 aliphatic heterocycles. The minimum atomic E-state index is -0.830. The lowest BCUT2D eigenvalue weighted by Gasteiger charge is -2.11. The van der Waals surface area contributed by atoms with E-state index >= 15 is 0 Å². The number of carboxylic acid groups (broad SMARTS) is 1. The molecule has 0 saturated heterocycles. The Labute approximate surface area is 106 Å². The molecule has 17 heavy (non-hydrogen) atoms. The van der Waals surface area contributed by atoms with Crippen molar-refractivity contribution >= 4 is 17.7 Å². The number of carbonyl (C=O) groups is 1. The molecule has 0 aliphatic rings. The molecule has 1 aromatic heterocycles. The Balaban J connectivity index is 2.82. The van der Waals surface area contributed by atoms with Gasteiger partial charge in [-0.05, 0) is 13.3 Å². The third-order valence-electron chi connectivity index (χ3n) is 2.55. The van der Waals surface area contributed by atoms with Crippen molar-refractivity contribution in [2.45, 2.75) is 51.2 Å². The molecule has 1 aromatic rings. The fourth-order valence-electron chi connectivity index (χ4n) is 1.76. The first-order valence-corrected chi connectivity index (χ1v) is 6.86. The van der Waals surface area contributed by atoms with Crippen LogP contribution in [0.2, 0.25) is 0 Å². The Morgan fingerprint density at radius 1 is 1.47 bits per heavy atom. The molecular formula is C11H19N3O2S. The smallest absolute Gasteiger partial charge is 0.313 e. The van der Waals surface area contributed by atoms with Gasteiger partial charge in [-0.25, -0.2) is 0 Å². The van der Waals surface area contributed by atoms with Gasteiger partial charge >= 0.3 is 5.97 Å².